The Bertz CT molecular complexity index is 646. The number of ether oxygens (including phenoxy) is 3. The zero-order valence-electron chi connectivity index (χ0n) is 14.9. The van der Waals surface area contributed by atoms with Crippen molar-refractivity contribution in [3.63, 3.8) is 0 Å². The van der Waals surface area contributed by atoms with Gasteiger partial charge in [-0.25, -0.2) is 0 Å². The number of hydrogen-bond acceptors (Lipinski definition) is 5. The second-order valence-corrected chi connectivity index (χ2v) is 7.15. The molecule has 0 spiro atoms. The highest BCUT2D eigenvalue weighted by Crippen LogP contribution is 2.38. The van der Waals surface area contributed by atoms with E-state index in [-0.39, 0.29) is 5.91 Å². The molecule has 3 fully saturated rings. The molecule has 1 amide bonds. The third kappa shape index (κ3) is 3.20. The first-order chi connectivity index (χ1) is 12.2. The Morgan fingerprint density at radius 2 is 2.00 bits per heavy atom. The summed E-state index contributed by atoms with van der Waals surface area (Å²) in [5.74, 6) is 2.06. The molecule has 1 aromatic carbocycles. The van der Waals surface area contributed by atoms with Crippen molar-refractivity contribution >= 4 is 5.91 Å². The highest BCUT2D eigenvalue weighted by Gasteiger charge is 2.43. The largest absolute Gasteiger partial charge is 0.497 e. The van der Waals surface area contributed by atoms with Gasteiger partial charge in [0.25, 0.3) is 5.91 Å². The average Bonchev–Trinajstić information content (AvgIpc) is 3.51. The molecule has 6 heteroatoms. The summed E-state index contributed by atoms with van der Waals surface area (Å²) in [5.41, 5.74) is 0.590. The predicted octanol–water partition coefficient (Wildman–Crippen LogP) is 1.64. The molecule has 0 N–H and O–H groups in total. The molecular weight excluding hydrogens is 320 g/mol. The van der Waals surface area contributed by atoms with Gasteiger partial charge in [0.1, 0.15) is 11.5 Å². The van der Waals surface area contributed by atoms with Crippen LogP contribution in [0.4, 0.5) is 0 Å². The number of rotatable bonds is 4. The Kier molecular flexibility index (Phi) is 4.56. The van der Waals surface area contributed by atoms with Crippen LogP contribution < -0.4 is 9.47 Å². The quantitative estimate of drug-likeness (QED) is 0.830. The lowest BCUT2D eigenvalue weighted by atomic mass is 10.0. The first kappa shape index (κ1) is 16.7. The second kappa shape index (κ2) is 6.84. The van der Waals surface area contributed by atoms with E-state index < -0.39 is 0 Å². The number of benzene rings is 1. The van der Waals surface area contributed by atoms with Gasteiger partial charge >= 0.3 is 0 Å². The molecule has 4 rings (SSSR count). The Hall–Kier alpha value is -1.79. The van der Waals surface area contributed by atoms with Crippen LogP contribution >= 0.6 is 0 Å². The van der Waals surface area contributed by atoms with Crippen molar-refractivity contribution < 1.29 is 19.0 Å². The molecular formula is C19H26N2O4. The molecule has 3 aliphatic rings. The lowest BCUT2D eigenvalue weighted by Gasteiger charge is -2.48. The van der Waals surface area contributed by atoms with Gasteiger partial charge in [0.15, 0.2) is 0 Å². The molecule has 1 saturated carbocycles. The van der Waals surface area contributed by atoms with Crippen LogP contribution in [0.3, 0.4) is 0 Å². The number of methoxy groups -OCH3 is 2. The Morgan fingerprint density at radius 1 is 1.16 bits per heavy atom. The predicted molar refractivity (Wildman–Crippen MR) is 93.3 cm³/mol. The first-order valence-electron chi connectivity index (χ1n) is 9.06. The van der Waals surface area contributed by atoms with E-state index >= 15 is 0 Å². The fourth-order valence-electron chi connectivity index (χ4n) is 4.09. The van der Waals surface area contributed by atoms with Crippen molar-refractivity contribution in [3.8, 4) is 11.5 Å². The van der Waals surface area contributed by atoms with Crippen LogP contribution in [-0.4, -0.2) is 74.9 Å². The third-order valence-corrected chi connectivity index (χ3v) is 5.65. The fraction of sp³-hybridized carbons (Fsp3) is 0.632. The van der Waals surface area contributed by atoms with Gasteiger partial charge in [-0.15, -0.1) is 0 Å². The van der Waals surface area contributed by atoms with Crippen molar-refractivity contribution in [2.75, 3.05) is 47.1 Å². The molecule has 0 bridgehead atoms. The molecule has 2 aliphatic heterocycles. The first-order valence-corrected chi connectivity index (χ1v) is 9.06. The van der Waals surface area contributed by atoms with Gasteiger partial charge in [0, 0.05) is 31.7 Å². The minimum Gasteiger partial charge on any atom is -0.497 e. The van der Waals surface area contributed by atoms with Crippen molar-refractivity contribution in [2.45, 2.75) is 24.9 Å². The van der Waals surface area contributed by atoms with Crippen LogP contribution in [0.5, 0.6) is 11.5 Å². The van der Waals surface area contributed by atoms with Crippen molar-refractivity contribution in [1.82, 2.24) is 9.80 Å². The van der Waals surface area contributed by atoms with Gasteiger partial charge in [0.05, 0.1) is 39.0 Å². The maximum Gasteiger partial charge on any atom is 0.257 e. The second-order valence-electron chi connectivity index (χ2n) is 7.15. The summed E-state index contributed by atoms with van der Waals surface area (Å²) in [7, 11) is 3.19. The number of fused-ring (bicyclic) bond motifs is 1. The number of nitrogens with zero attached hydrogens (tertiary/aromatic N) is 2. The van der Waals surface area contributed by atoms with Crippen LogP contribution in [0.25, 0.3) is 0 Å². The Labute approximate surface area is 148 Å². The molecule has 1 aliphatic carbocycles. The van der Waals surface area contributed by atoms with Gasteiger partial charge < -0.3 is 19.1 Å². The smallest absolute Gasteiger partial charge is 0.257 e. The van der Waals surface area contributed by atoms with Gasteiger partial charge in [-0.05, 0) is 30.9 Å². The molecule has 25 heavy (non-hydrogen) atoms. The van der Waals surface area contributed by atoms with Crippen LogP contribution in [0.1, 0.15) is 23.2 Å². The maximum absolute atomic E-state index is 13.0. The minimum atomic E-state index is 0.0210. The van der Waals surface area contributed by atoms with Gasteiger partial charge in [-0.2, -0.15) is 0 Å². The van der Waals surface area contributed by atoms with Crippen molar-refractivity contribution in [1.29, 1.82) is 0 Å². The van der Waals surface area contributed by atoms with E-state index in [1.807, 2.05) is 4.90 Å². The third-order valence-electron chi connectivity index (χ3n) is 5.65. The van der Waals surface area contributed by atoms with Crippen LogP contribution in [0.2, 0.25) is 0 Å². The van der Waals surface area contributed by atoms with Crippen LogP contribution in [0, 0.1) is 5.92 Å². The normalized spacial score (nSPS) is 26.9. The van der Waals surface area contributed by atoms with Gasteiger partial charge in [-0.3, -0.25) is 9.69 Å². The summed E-state index contributed by atoms with van der Waals surface area (Å²) < 4.78 is 16.5. The highest BCUT2D eigenvalue weighted by atomic mass is 16.5. The molecule has 0 radical (unpaired) electrons. The Morgan fingerprint density at radius 3 is 2.72 bits per heavy atom. The molecule has 2 saturated heterocycles. The van der Waals surface area contributed by atoms with E-state index in [9.17, 15) is 4.79 Å². The summed E-state index contributed by atoms with van der Waals surface area (Å²) in [6.07, 6.45) is 2.64. The van der Waals surface area contributed by atoms with Crippen LogP contribution in [0.15, 0.2) is 18.2 Å². The zero-order valence-corrected chi connectivity index (χ0v) is 14.9. The van der Waals surface area contributed by atoms with E-state index in [4.69, 9.17) is 14.2 Å². The van der Waals surface area contributed by atoms with Crippen molar-refractivity contribution in [3.05, 3.63) is 23.8 Å². The monoisotopic (exact) mass is 346 g/mol. The summed E-state index contributed by atoms with van der Waals surface area (Å²) in [6.45, 7) is 3.97. The van der Waals surface area contributed by atoms with Gasteiger partial charge in [-0.1, -0.05) is 0 Å². The number of morpholine rings is 1. The van der Waals surface area contributed by atoms with E-state index in [0.29, 0.717) is 35.8 Å². The zero-order chi connectivity index (χ0) is 17.4. The summed E-state index contributed by atoms with van der Waals surface area (Å²) >= 11 is 0. The molecule has 2 heterocycles. The minimum absolute atomic E-state index is 0.0210. The topological polar surface area (TPSA) is 51.2 Å². The average molecular weight is 346 g/mol. The highest BCUT2D eigenvalue weighted by molar-refractivity contribution is 5.97. The number of carbonyl (C=O) groups is 1. The fourth-order valence-corrected chi connectivity index (χ4v) is 4.09. The van der Waals surface area contributed by atoms with E-state index in [2.05, 4.69) is 4.90 Å². The van der Waals surface area contributed by atoms with E-state index in [1.165, 1.54) is 12.8 Å². The number of hydrogen-bond donors (Lipinski definition) is 0. The SMILES string of the molecule is COc1ccc(C(=O)N2CCN3[C@@H](COC[C@@H]3C3CC3)C2)c(OC)c1. The van der Waals surface area contributed by atoms with Crippen molar-refractivity contribution in [2.24, 2.45) is 5.92 Å². The Balaban J connectivity index is 1.48. The van der Waals surface area contributed by atoms with Gasteiger partial charge in [0.2, 0.25) is 0 Å². The molecule has 6 nitrogen and oxygen atoms in total. The number of amides is 1. The molecule has 0 aromatic heterocycles. The lowest BCUT2D eigenvalue weighted by molar-refractivity contribution is -0.0816. The maximum atomic E-state index is 13.0. The summed E-state index contributed by atoms with van der Waals surface area (Å²) in [4.78, 5) is 17.5. The number of carbonyl (C=O) groups excluding carboxylic acids is 1. The summed E-state index contributed by atoms with van der Waals surface area (Å²) in [5, 5.41) is 0. The lowest BCUT2D eigenvalue weighted by Crippen LogP contribution is -2.63. The van der Waals surface area contributed by atoms with E-state index in [0.717, 1.165) is 32.2 Å². The van der Waals surface area contributed by atoms with E-state index in [1.54, 1.807) is 32.4 Å². The molecule has 136 valence electrons. The molecule has 2 atom stereocenters. The molecule has 0 unspecified atom stereocenters. The molecule has 1 aromatic rings. The standard InChI is InChI=1S/C19H26N2O4/c1-23-15-5-6-16(18(9-15)24-2)19(22)20-7-8-21-14(10-20)11-25-12-17(21)13-3-4-13/h5-6,9,13-14,17H,3-4,7-8,10-12H2,1-2H3/t14-,17-/m1/s1. The summed E-state index contributed by atoms with van der Waals surface area (Å²) in [6, 6.07) is 6.21. The number of piperazine rings is 1. The van der Waals surface area contributed by atoms with Crippen LogP contribution in [-0.2, 0) is 4.74 Å².